The van der Waals surface area contributed by atoms with Crippen LogP contribution in [0.25, 0.3) is 0 Å². The van der Waals surface area contributed by atoms with E-state index in [0.29, 0.717) is 33.7 Å². The molecule has 1 N–H and O–H groups in total. The summed E-state index contributed by atoms with van der Waals surface area (Å²) in [7, 11) is 1.55. The number of carbonyl (C=O) groups excluding carboxylic acids is 2. The zero-order chi connectivity index (χ0) is 17.7. The van der Waals surface area contributed by atoms with Gasteiger partial charge in [-0.05, 0) is 25.0 Å². The van der Waals surface area contributed by atoms with Gasteiger partial charge >= 0.3 is 0 Å². The van der Waals surface area contributed by atoms with Crippen molar-refractivity contribution >= 4 is 57.4 Å². The summed E-state index contributed by atoms with van der Waals surface area (Å²) in [5.41, 5.74) is 0.510. The first kappa shape index (κ1) is 19.0. The highest BCUT2D eigenvalue weighted by Gasteiger charge is 2.35. The molecular weight excluding hydrogens is 368 g/mol. The molecule has 0 radical (unpaired) electrons. The first-order chi connectivity index (χ1) is 11.5. The number of halogens is 1. The van der Waals surface area contributed by atoms with Crippen LogP contribution in [0, 0.1) is 0 Å². The fourth-order valence-corrected chi connectivity index (χ4v) is 3.94. The number of carbonyl (C=O) groups is 2. The quantitative estimate of drug-likeness (QED) is 0.724. The molecule has 1 aromatic rings. The van der Waals surface area contributed by atoms with Crippen molar-refractivity contribution in [3.8, 4) is 5.75 Å². The molecule has 1 unspecified atom stereocenters. The van der Waals surface area contributed by atoms with E-state index in [4.69, 9.17) is 28.6 Å². The van der Waals surface area contributed by atoms with Crippen LogP contribution in [-0.2, 0) is 9.59 Å². The predicted octanol–water partition coefficient (Wildman–Crippen LogP) is 3.71. The monoisotopic (exact) mass is 386 g/mol. The maximum absolute atomic E-state index is 12.1. The Hall–Kier alpha value is -1.31. The van der Waals surface area contributed by atoms with Crippen LogP contribution in [0.15, 0.2) is 18.2 Å². The van der Waals surface area contributed by atoms with Gasteiger partial charge in [0.25, 0.3) is 0 Å². The number of hydrogen-bond donors (Lipinski definition) is 1. The highest BCUT2D eigenvalue weighted by atomic mass is 35.5. The second kappa shape index (κ2) is 8.69. The summed E-state index contributed by atoms with van der Waals surface area (Å²) in [6, 6.07) is 5.06. The van der Waals surface area contributed by atoms with E-state index in [1.54, 1.807) is 30.2 Å². The van der Waals surface area contributed by atoms with Gasteiger partial charge in [-0.1, -0.05) is 42.5 Å². The largest absolute Gasteiger partial charge is 0.497 e. The number of ether oxygens (including phenoxy) is 1. The molecule has 24 heavy (non-hydrogen) atoms. The molecule has 2 rings (SSSR count). The summed E-state index contributed by atoms with van der Waals surface area (Å²) in [4.78, 5) is 25.8. The molecule has 1 atom stereocenters. The Morgan fingerprint density at radius 1 is 1.50 bits per heavy atom. The van der Waals surface area contributed by atoms with E-state index in [2.05, 4.69) is 5.32 Å². The Morgan fingerprint density at radius 3 is 2.88 bits per heavy atom. The van der Waals surface area contributed by atoms with Crippen molar-refractivity contribution in [3.63, 3.8) is 0 Å². The molecule has 8 heteroatoms. The zero-order valence-electron chi connectivity index (χ0n) is 13.5. The second-order valence-corrected chi connectivity index (χ2v) is 7.51. The molecular formula is C16H19ClN2O3S2. The molecule has 0 bridgehead atoms. The summed E-state index contributed by atoms with van der Waals surface area (Å²) in [6.45, 7) is 2.42. The third kappa shape index (κ3) is 4.62. The number of nitrogens with one attached hydrogen (secondary N) is 1. The van der Waals surface area contributed by atoms with Gasteiger partial charge in [0.05, 0.1) is 23.1 Å². The van der Waals surface area contributed by atoms with E-state index >= 15 is 0 Å². The minimum absolute atomic E-state index is 0.0451. The van der Waals surface area contributed by atoms with Crippen LogP contribution in [0.2, 0.25) is 5.02 Å². The lowest BCUT2D eigenvalue weighted by molar-refractivity contribution is -0.126. The average molecular weight is 387 g/mol. The molecule has 1 heterocycles. The second-order valence-electron chi connectivity index (χ2n) is 5.27. The molecule has 130 valence electrons. The van der Waals surface area contributed by atoms with Crippen molar-refractivity contribution in [1.29, 1.82) is 0 Å². The van der Waals surface area contributed by atoms with Crippen molar-refractivity contribution in [2.75, 3.05) is 19.0 Å². The normalized spacial score (nSPS) is 17.3. The Morgan fingerprint density at radius 2 is 2.25 bits per heavy atom. The van der Waals surface area contributed by atoms with Gasteiger partial charge in [0.15, 0.2) is 0 Å². The molecule has 1 aliphatic heterocycles. The van der Waals surface area contributed by atoms with Gasteiger partial charge in [-0.25, -0.2) is 0 Å². The standard InChI is InChI=1S/C16H19ClN2O3S2/c1-3-13-15(21)19(16(23)24-13)8-4-5-14(20)18-12-9-10(22-2)6-7-11(12)17/h6-7,9,13H,3-5,8H2,1-2H3,(H,18,20). The van der Waals surface area contributed by atoms with Gasteiger partial charge in [-0.2, -0.15) is 0 Å². The first-order valence-electron chi connectivity index (χ1n) is 7.61. The number of rotatable bonds is 7. The van der Waals surface area contributed by atoms with Gasteiger partial charge in [0, 0.05) is 19.0 Å². The van der Waals surface area contributed by atoms with Gasteiger partial charge in [-0.15, -0.1) is 0 Å². The van der Waals surface area contributed by atoms with Gasteiger partial charge in [0.2, 0.25) is 11.8 Å². The molecule has 1 aromatic carbocycles. The summed E-state index contributed by atoms with van der Waals surface area (Å²) in [5, 5.41) is 3.13. The number of benzene rings is 1. The van der Waals surface area contributed by atoms with Crippen LogP contribution in [0.1, 0.15) is 26.2 Å². The highest BCUT2D eigenvalue weighted by Crippen LogP contribution is 2.30. The van der Waals surface area contributed by atoms with E-state index in [1.165, 1.54) is 11.8 Å². The lowest BCUT2D eigenvalue weighted by atomic mass is 10.2. The van der Waals surface area contributed by atoms with Crippen LogP contribution >= 0.6 is 35.6 Å². The van der Waals surface area contributed by atoms with Crippen molar-refractivity contribution in [3.05, 3.63) is 23.2 Å². The van der Waals surface area contributed by atoms with E-state index in [1.807, 2.05) is 6.92 Å². The smallest absolute Gasteiger partial charge is 0.241 e. The highest BCUT2D eigenvalue weighted by molar-refractivity contribution is 8.24. The molecule has 1 aliphatic rings. The Balaban J connectivity index is 1.84. The minimum atomic E-state index is -0.164. The van der Waals surface area contributed by atoms with Gasteiger partial charge in [-0.3, -0.25) is 14.5 Å². The van der Waals surface area contributed by atoms with Crippen LogP contribution in [0.4, 0.5) is 5.69 Å². The third-order valence-corrected chi connectivity index (χ3v) is 5.69. The number of anilines is 1. The Kier molecular flexibility index (Phi) is 6.89. The fourth-order valence-electron chi connectivity index (χ4n) is 2.30. The number of amides is 2. The molecule has 0 saturated carbocycles. The van der Waals surface area contributed by atoms with Crippen molar-refractivity contribution in [1.82, 2.24) is 4.90 Å². The van der Waals surface area contributed by atoms with Crippen LogP contribution in [-0.4, -0.2) is 39.9 Å². The minimum Gasteiger partial charge on any atom is -0.497 e. The molecule has 5 nitrogen and oxygen atoms in total. The summed E-state index contributed by atoms with van der Waals surface area (Å²) in [6.07, 6.45) is 1.58. The number of thiocarbonyl (C=S) groups is 1. The lowest BCUT2D eigenvalue weighted by Crippen LogP contribution is -2.32. The maximum atomic E-state index is 12.1. The van der Waals surface area contributed by atoms with E-state index in [9.17, 15) is 9.59 Å². The molecule has 2 amide bonds. The van der Waals surface area contributed by atoms with E-state index in [0.717, 1.165) is 6.42 Å². The first-order valence-corrected chi connectivity index (χ1v) is 9.28. The van der Waals surface area contributed by atoms with Crippen LogP contribution in [0.5, 0.6) is 5.75 Å². The van der Waals surface area contributed by atoms with Gasteiger partial charge in [0.1, 0.15) is 10.1 Å². The predicted molar refractivity (Wildman–Crippen MR) is 102 cm³/mol. The molecule has 0 aromatic heterocycles. The Labute approximate surface area is 156 Å². The molecule has 0 aliphatic carbocycles. The number of hydrogen-bond acceptors (Lipinski definition) is 5. The number of methoxy groups -OCH3 is 1. The topological polar surface area (TPSA) is 58.6 Å². The number of thioether (sulfide) groups is 1. The fraction of sp³-hybridized carbons (Fsp3) is 0.438. The average Bonchev–Trinajstić information content (AvgIpc) is 2.84. The maximum Gasteiger partial charge on any atom is 0.241 e. The molecule has 1 fully saturated rings. The SMILES string of the molecule is CCC1SC(=S)N(CCCC(=O)Nc2cc(OC)ccc2Cl)C1=O. The Bertz CT molecular complexity index is 654. The molecule has 0 spiro atoms. The number of nitrogens with zero attached hydrogens (tertiary/aromatic N) is 1. The zero-order valence-corrected chi connectivity index (χ0v) is 15.9. The van der Waals surface area contributed by atoms with Crippen molar-refractivity contribution in [2.24, 2.45) is 0 Å². The van der Waals surface area contributed by atoms with Crippen molar-refractivity contribution < 1.29 is 14.3 Å². The van der Waals surface area contributed by atoms with E-state index in [-0.39, 0.29) is 23.5 Å². The van der Waals surface area contributed by atoms with Crippen molar-refractivity contribution in [2.45, 2.75) is 31.4 Å². The summed E-state index contributed by atoms with van der Waals surface area (Å²) >= 11 is 12.7. The van der Waals surface area contributed by atoms with Crippen LogP contribution < -0.4 is 10.1 Å². The third-order valence-electron chi connectivity index (χ3n) is 3.61. The summed E-state index contributed by atoms with van der Waals surface area (Å²) < 4.78 is 5.71. The summed E-state index contributed by atoms with van der Waals surface area (Å²) in [5.74, 6) is 0.497. The van der Waals surface area contributed by atoms with Gasteiger partial charge < -0.3 is 10.1 Å². The lowest BCUT2D eigenvalue weighted by Gasteiger charge is -2.15. The molecule has 1 saturated heterocycles. The van der Waals surface area contributed by atoms with Crippen LogP contribution in [0.3, 0.4) is 0 Å². The van der Waals surface area contributed by atoms with E-state index < -0.39 is 0 Å².